The highest BCUT2D eigenvalue weighted by molar-refractivity contribution is 8.04. The number of hydrogen-bond acceptors (Lipinski definition) is 2. The minimum Gasteiger partial charge on any atom is -0.294 e. The van der Waals surface area contributed by atoms with E-state index in [1.807, 2.05) is 13.8 Å². The van der Waals surface area contributed by atoms with Crippen LogP contribution in [-0.4, -0.2) is 11.0 Å². The van der Waals surface area contributed by atoms with E-state index in [4.69, 9.17) is 0 Å². The predicted octanol–water partition coefficient (Wildman–Crippen LogP) is 1.59. The number of thioether (sulfide) groups is 1. The van der Waals surface area contributed by atoms with Crippen molar-refractivity contribution in [2.75, 3.05) is 0 Å². The van der Waals surface area contributed by atoms with Crippen molar-refractivity contribution in [3.8, 4) is 0 Å². The van der Waals surface area contributed by atoms with E-state index in [9.17, 15) is 4.79 Å². The number of carbonyl (C=O) groups is 1. The van der Waals surface area contributed by atoms with E-state index in [0.717, 1.165) is 4.91 Å². The molecule has 1 heterocycles. The Morgan fingerprint density at radius 1 is 1.75 bits per heavy atom. The Morgan fingerprint density at radius 3 is 2.50 bits per heavy atom. The maximum atomic E-state index is 10.7. The van der Waals surface area contributed by atoms with E-state index in [2.05, 4.69) is 0 Å². The molecule has 8 heavy (non-hydrogen) atoms. The first-order valence-electron chi connectivity index (χ1n) is 2.59. The molecule has 2 heteroatoms. The van der Waals surface area contributed by atoms with Crippen molar-refractivity contribution >= 4 is 17.5 Å². The Labute approximate surface area is 53.2 Å². The first kappa shape index (κ1) is 5.89. The molecule has 1 nitrogen and oxygen atoms in total. The van der Waals surface area contributed by atoms with Gasteiger partial charge in [-0.2, -0.15) is 0 Å². The lowest BCUT2D eigenvalue weighted by molar-refractivity contribution is -0.113. The van der Waals surface area contributed by atoms with Crippen molar-refractivity contribution < 1.29 is 4.79 Å². The Morgan fingerprint density at radius 2 is 2.38 bits per heavy atom. The summed E-state index contributed by atoms with van der Waals surface area (Å²) in [6, 6.07) is 0. The third kappa shape index (κ3) is 0.944. The van der Waals surface area contributed by atoms with Crippen molar-refractivity contribution in [3.63, 3.8) is 0 Å². The first-order chi connectivity index (χ1) is 3.70. The molecule has 1 aliphatic heterocycles. The summed E-state index contributed by atoms with van der Waals surface area (Å²) < 4.78 is 0. The molecule has 0 saturated heterocycles. The van der Waals surface area contributed by atoms with Gasteiger partial charge in [0, 0.05) is 0 Å². The van der Waals surface area contributed by atoms with Gasteiger partial charge >= 0.3 is 0 Å². The quantitative estimate of drug-likeness (QED) is 0.493. The van der Waals surface area contributed by atoms with Crippen molar-refractivity contribution in [1.82, 2.24) is 0 Å². The molecule has 0 spiro atoms. The number of carbonyl (C=O) groups excluding carboxylic acids is 1. The molecule has 0 amide bonds. The van der Waals surface area contributed by atoms with E-state index in [1.54, 1.807) is 17.8 Å². The second-order valence-corrected chi connectivity index (χ2v) is 3.50. The summed E-state index contributed by atoms with van der Waals surface area (Å²) in [5.74, 6) is 0.257. The largest absolute Gasteiger partial charge is 0.294 e. The molecule has 0 aliphatic carbocycles. The summed E-state index contributed by atoms with van der Waals surface area (Å²) in [7, 11) is 0. The summed E-state index contributed by atoms with van der Waals surface area (Å²) in [4.78, 5) is 11.8. The molecule has 0 aromatic carbocycles. The van der Waals surface area contributed by atoms with Crippen LogP contribution in [0.5, 0.6) is 0 Å². The van der Waals surface area contributed by atoms with Crippen LogP contribution in [0.3, 0.4) is 0 Å². The zero-order valence-corrected chi connectivity index (χ0v) is 5.79. The maximum absolute atomic E-state index is 10.7. The van der Waals surface area contributed by atoms with Gasteiger partial charge < -0.3 is 0 Å². The standard InChI is InChI=1S/C6H8OS/c1-4-3-6(7)5(2)8-4/h3,5H,1-2H3. The molecule has 0 bridgehead atoms. The van der Waals surface area contributed by atoms with Crippen LogP contribution in [0.1, 0.15) is 13.8 Å². The fourth-order valence-corrected chi connectivity index (χ4v) is 1.61. The molecule has 0 aromatic heterocycles. The van der Waals surface area contributed by atoms with Crippen LogP contribution in [0.4, 0.5) is 0 Å². The average molecular weight is 128 g/mol. The van der Waals surface area contributed by atoms with Gasteiger partial charge in [-0.15, -0.1) is 11.8 Å². The lowest BCUT2D eigenvalue weighted by Crippen LogP contribution is -2.02. The topological polar surface area (TPSA) is 17.1 Å². The van der Waals surface area contributed by atoms with Crippen LogP contribution >= 0.6 is 11.8 Å². The molecule has 0 aromatic rings. The number of ketones is 1. The SMILES string of the molecule is CC1=CC(=O)C(C)S1. The van der Waals surface area contributed by atoms with E-state index in [0.29, 0.717) is 0 Å². The molecule has 0 fully saturated rings. The number of rotatable bonds is 0. The van der Waals surface area contributed by atoms with Crippen molar-refractivity contribution in [2.45, 2.75) is 19.1 Å². The highest BCUT2D eigenvalue weighted by atomic mass is 32.2. The van der Waals surface area contributed by atoms with E-state index in [-0.39, 0.29) is 11.0 Å². The van der Waals surface area contributed by atoms with Crippen LogP contribution in [0.2, 0.25) is 0 Å². The molecule has 44 valence electrons. The molecule has 1 aliphatic rings. The lowest BCUT2D eigenvalue weighted by atomic mass is 10.3. The van der Waals surface area contributed by atoms with Crippen molar-refractivity contribution in [2.24, 2.45) is 0 Å². The Bertz CT molecular complexity index is 149. The third-order valence-corrected chi connectivity index (χ3v) is 2.18. The zero-order chi connectivity index (χ0) is 6.15. The fourth-order valence-electron chi connectivity index (χ4n) is 0.689. The molecule has 0 radical (unpaired) electrons. The summed E-state index contributed by atoms with van der Waals surface area (Å²) in [5, 5.41) is 0.176. The van der Waals surface area contributed by atoms with Gasteiger partial charge in [0.05, 0.1) is 5.25 Å². The second kappa shape index (κ2) is 1.94. The zero-order valence-electron chi connectivity index (χ0n) is 4.97. The second-order valence-electron chi connectivity index (χ2n) is 1.92. The van der Waals surface area contributed by atoms with Crippen LogP contribution in [0.25, 0.3) is 0 Å². The Hall–Kier alpha value is -0.240. The van der Waals surface area contributed by atoms with Gasteiger partial charge in [0.15, 0.2) is 5.78 Å². The molecule has 1 atom stereocenters. The summed E-state index contributed by atoms with van der Waals surface area (Å²) in [6.45, 7) is 3.89. The van der Waals surface area contributed by atoms with Crippen molar-refractivity contribution in [1.29, 1.82) is 0 Å². The van der Waals surface area contributed by atoms with Gasteiger partial charge in [-0.3, -0.25) is 4.79 Å². The Balaban J connectivity index is 2.70. The van der Waals surface area contributed by atoms with Crippen LogP contribution in [0.15, 0.2) is 11.0 Å². The molecular formula is C6H8OS. The van der Waals surface area contributed by atoms with Gasteiger partial charge in [0.2, 0.25) is 0 Å². The average Bonchev–Trinajstić information content (AvgIpc) is 1.85. The van der Waals surface area contributed by atoms with E-state index < -0.39 is 0 Å². The summed E-state index contributed by atoms with van der Waals surface area (Å²) in [6.07, 6.45) is 1.70. The smallest absolute Gasteiger partial charge is 0.169 e. The fraction of sp³-hybridized carbons (Fsp3) is 0.500. The molecule has 0 N–H and O–H groups in total. The monoisotopic (exact) mass is 128 g/mol. The van der Waals surface area contributed by atoms with Crippen molar-refractivity contribution in [3.05, 3.63) is 11.0 Å². The highest BCUT2D eigenvalue weighted by Crippen LogP contribution is 2.28. The van der Waals surface area contributed by atoms with Crippen LogP contribution in [0, 0.1) is 0 Å². The lowest BCUT2D eigenvalue weighted by Gasteiger charge is -1.93. The minimum atomic E-state index is 0.176. The van der Waals surface area contributed by atoms with Gasteiger partial charge in [0.1, 0.15) is 0 Å². The number of allylic oxidation sites excluding steroid dienone is 2. The summed E-state index contributed by atoms with van der Waals surface area (Å²) >= 11 is 1.64. The van der Waals surface area contributed by atoms with Gasteiger partial charge in [-0.05, 0) is 24.8 Å². The predicted molar refractivity (Wildman–Crippen MR) is 35.8 cm³/mol. The normalized spacial score (nSPS) is 28.5. The molecule has 1 unspecified atom stereocenters. The third-order valence-electron chi connectivity index (χ3n) is 1.11. The van der Waals surface area contributed by atoms with Gasteiger partial charge in [0.25, 0.3) is 0 Å². The van der Waals surface area contributed by atoms with Crippen LogP contribution in [-0.2, 0) is 4.79 Å². The summed E-state index contributed by atoms with van der Waals surface area (Å²) in [5.41, 5.74) is 0. The maximum Gasteiger partial charge on any atom is 0.169 e. The van der Waals surface area contributed by atoms with E-state index >= 15 is 0 Å². The van der Waals surface area contributed by atoms with Gasteiger partial charge in [-0.1, -0.05) is 0 Å². The van der Waals surface area contributed by atoms with Crippen LogP contribution < -0.4 is 0 Å². The van der Waals surface area contributed by atoms with E-state index in [1.165, 1.54) is 0 Å². The minimum absolute atomic E-state index is 0.176. The molecule has 1 rings (SSSR count). The molecular weight excluding hydrogens is 120 g/mol. The van der Waals surface area contributed by atoms with Gasteiger partial charge in [-0.25, -0.2) is 0 Å². The highest BCUT2D eigenvalue weighted by Gasteiger charge is 2.17. The number of hydrogen-bond donors (Lipinski definition) is 0. The Kier molecular flexibility index (Phi) is 1.43. The molecule has 0 saturated carbocycles. The first-order valence-corrected chi connectivity index (χ1v) is 3.47.